The fourth-order valence-electron chi connectivity index (χ4n) is 1.87. The number of hydrogen-bond donors (Lipinski definition) is 0. The molecule has 0 radical (unpaired) electrons. The topological polar surface area (TPSA) is 66.2 Å². The summed E-state index contributed by atoms with van der Waals surface area (Å²) in [6, 6.07) is 8.87. The van der Waals surface area contributed by atoms with E-state index in [1.807, 2.05) is 0 Å². The number of aromatic nitrogens is 3. The first-order valence-electron chi connectivity index (χ1n) is 6.41. The van der Waals surface area contributed by atoms with E-state index in [0.717, 1.165) is 12.3 Å². The molecule has 1 aromatic carbocycles. The zero-order valence-electron chi connectivity index (χ0n) is 11.6. The number of carbonyl (C=O) groups is 1. The third kappa shape index (κ3) is 3.25. The van der Waals surface area contributed by atoms with E-state index in [1.165, 1.54) is 12.1 Å². The smallest absolute Gasteiger partial charge is 0.393 e. The molecule has 0 bridgehead atoms. The molecular formula is C14H7ClF3N3O3. The van der Waals surface area contributed by atoms with E-state index in [0.29, 0.717) is 0 Å². The van der Waals surface area contributed by atoms with Crippen molar-refractivity contribution in [2.45, 2.75) is 6.18 Å². The number of pyridine rings is 1. The lowest BCUT2D eigenvalue weighted by Crippen LogP contribution is -2.27. The van der Waals surface area contributed by atoms with Crippen LogP contribution in [0.25, 0.3) is 11.2 Å². The molecule has 0 spiro atoms. The van der Waals surface area contributed by atoms with Crippen LogP contribution >= 0.6 is 11.6 Å². The van der Waals surface area contributed by atoms with Crippen LogP contribution in [0.15, 0.2) is 42.6 Å². The van der Waals surface area contributed by atoms with E-state index in [2.05, 4.69) is 14.8 Å². The number of imidazole rings is 1. The number of para-hydroxylation sites is 1. The third-order valence-electron chi connectivity index (χ3n) is 2.80. The van der Waals surface area contributed by atoms with Crippen molar-refractivity contribution in [3.8, 4) is 5.75 Å². The number of nitrogens with zero attached hydrogens (tertiary/aromatic N) is 3. The molecule has 2 heterocycles. The van der Waals surface area contributed by atoms with E-state index in [9.17, 15) is 18.0 Å². The van der Waals surface area contributed by atoms with E-state index in [4.69, 9.17) is 16.3 Å². The Balaban J connectivity index is 1.98. The van der Waals surface area contributed by atoms with Crippen molar-refractivity contribution in [1.82, 2.24) is 14.7 Å². The maximum Gasteiger partial charge on any atom is 0.539 e. The van der Waals surface area contributed by atoms with Crippen LogP contribution in [0, 0.1) is 0 Å². The lowest BCUT2D eigenvalue weighted by Gasteiger charge is -2.10. The first-order valence-corrected chi connectivity index (χ1v) is 6.79. The summed E-state index contributed by atoms with van der Waals surface area (Å²) < 4.78 is 44.3. The Hall–Kier alpha value is -2.81. The van der Waals surface area contributed by atoms with Crippen LogP contribution in [0.1, 0.15) is 5.82 Å². The van der Waals surface area contributed by atoms with Gasteiger partial charge in [-0.2, -0.15) is 13.2 Å². The molecule has 24 heavy (non-hydrogen) atoms. The van der Waals surface area contributed by atoms with E-state index < -0.39 is 18.2 Å². The van der Waals surface area contributed by atoms with E-state index in [-0.39, 0.29) is 26.7 Å². The molecule has 2 aromatic heterocycles. The molecule has 0 saturated carbocycles. The van der Waals surface area contributed by atoms with E-state index in [1.54, 1.807) is 18.2 Å². The van der Waals surface area contributed by atoms with Gasteiger partial charge < -0.3 is 4.74 Å². The normalized spacial score (nSPS) is 11.5. The molecule has 0 aliphatic carbocycles. The number of alkyl halides is 3. The lowest BCUT2D eigenvalue weighted by molar-refractivity contribution is -0.152. The van der Waals surface area contributed by atoms with Crippen molar-refractivity contribution in [3.05, 3.63) is 53.4 Å². The average Bonchev–Trinajstić information content (AvgIpc) is 2.86. The second-order valence-electron chi connectivity index (χ2n) is 4.48. The zero-order chi connectivity index (χ0) is 17.3. The number of halogens is 4. The maximum absolute atomic E-state index is 13.1. The SMILES string of the molecule is O=C(Oc1ccccc1)On1c(C(F)(F)F)nc2ncc(Cl)cc21. The van der Waals surface area contributed by atoms with Gasteiger partial charge in [-0.15, -0.1) is 4.73 Å². The predicted molar refractivity (Wildman–Crippen MR) is 76.6 cm³/mol. The number of fused-ring (bicyclic) bond motifs is 1. The molecule has 0 fully saturated rings. The van der Waals surface area contributed by atoms with Crippen molar-refractivity contribution < 1.29 is 27.5 Å². The van der Waals surface area contributed by atoms with Gasteiger partial charge in [0.05, 0.1) is 5.02 Å². The molecule has 0 aliphatic rings. The number of benzene rings is 1. The monoisotopic (exact) mass is 357 g/mol. The third-order valence-corrected chi connectivity index (χ3v) is 3.01. The fourth-order valence-corrected chi connectivity index (χ4v) is 2.02. The van der Waals surface area contributed by atoms with Gasteiger partial charge in [0.1, 0.15) is 11.3 Å². The largest absolute Gasteiger partial charge is 0.539 e. The van der Waals surface area contributed by atoms with Crippen LogP contribution in [-0.2, 0) is 6.18 Å². The first kappa shape index (κ1) is 16.1. The summed E-state index contributed by atoms with van der Waals surface area (Å²) in [5.74, 6) is -1.35. The summed E-state index contributed by atoms with van der Waals surface area (Å²) in [7, 11) is 0. The molecule has 0 amide bonds. The first-order chi connectivity index (χ1) is 11.3. The Kier molecular flexibility index (Phi) is 4.02. The molecule has 3 rings (SSSR count). The molecule has 0 atom stereocenters. The highest BCUT2D eigenvalue weighted by atomic mass is 35.5. The van der Waals surface area contributed by atoms with Crippen LogP contribution in [-0.4, -0.2) is 20.9 Å². The van der Waals surface area contributed by atoms with Crippen molar-refractivity contribution in [3.63, 3.8) is 0 Å². The molecule has 0 unspecified atom stereocenters. The van der Waals surface area contributed by atoms with Gasteiger partial charge in [-0.05, 0) is 18.2 Å². The molecule has 10 heteroatoms. The number of carbonyl (C=O) groups excluding carboxylic acids is 1. The Morgan fingerprint density at radius 2 is 1.92 bits per heavy atom. The zero-order valence-corrected chi connectivity index (χ0v) is 12.4. The fraction of sp³-hybridized carbons (Fsp3) is 0.0714. The van der Waals surface area contributed by atoms with Crippen molar-refractivity contribution in [2.24, 2.45) is 0 Å². The summed E-state index contributed by atoms with van der Waals surface area (Å²) in [4.78, 5) is 23.4. The minimum atomic E-state index is -4.87. The molecule has 124 valence electrons. The summed E-state index contributed by atoms with van der Waals surface area (Å²) in [5, 5.41) is 0.0531. The summed E-state index contributed by atoms with van der Waals surface area (Å²) in [5.41, 5.74) is -0.501. The maximum atomic E-state index is 13.1. The van der Waals surface area contributed by atoms with Crippen LogP contribution in [0.3, 0.4) is 0 Å². The Bertz CT molecular complexity index is 897. The van der Waals surface area contributed by atoms with Crippen molar-refractivity contribution in [1.29, 1.82) is 0 Å². The second-order valence-corrected chi connectivity index (χ2v) is 4.92. The second kappa shape index (κ2) is 6.00. The molecule has 0 N–H and O–H groups in total. The van der Waals surface area contributed by atoms with Gasteiger partial charge in [-0.3, -0.25) is 4.84 Å². The van der Waals surface area contributed by atoms with Crippen molar-refractivity contribution >= 4 is 28.9 Å². The van der Waals surface area contributed by atoms with Gasteiger partial charge in [0.15, 0.2) is 5.65 Å². The number of ether oxygens (including phenoxy) is 1. The highest BCUT2D eigenvalue weighted by Gasteiger charge is 2.40. The van der Waals surface area contributed by atoms with Gasteiger partial charge in [0.25, 0.3) is 5.82 Å². The average molecular weight is 358 g/mol. The molecule has 3 aromatic rings. The summed E-state index contributed by atoms with van der Waals surface area (Å²) >= 11 is 5.72. The van der Waals surface area contributed by atoms with Crippen LogP contribution in [0.5, 0.6) is 5.75 Å². The molecule has 0 aliphatic heterocycles. The van der Waals surface area contributed by atoms with Crippen LogP contribution in [0.2, 0.25) is 5.02 Å². The summed E-state index contributed by atoms with van der Waals surface area (Å²) in [6.45, 7) is 0. The van der Waals surface area contributed by atoms with Crippen molar-refractivity contribution in [2.75, 3.05) is 0 Å². The van der Waals surface area contributed by atoms with Crippen LogP contribution < -0.4 is 9.57 Å². The van der Waals surface area contributed by atoms with Gasteiger partial charge in [-0.25, -0.2) is 14.8 Å². The van der Waals surface area contributed by atoms with Gasteiger partial charge in [0.2, 0.25) is 0 Å². The van der Waals surface area contributed by atoms with E-state index >= 15 is 0 Å². The number of hydrogen-bond acceptors (Lipinski definition) is 5. The quantitative estimate of drug-likeness (QED) is 0.516. The molecule has 0 saturated heterocycles. The number of rotatable bonds is 2. The standard InChI is InChI=1S/C14H7ClF3N3O3/c15-8-6-10-11(19-7-8)20-12(14(16,17)18)21(10)24-13(22)23-9-4-2-1-3-5-9/h1-7H. The Morgan fingerprint density at radius 1 is 1.21 bits per heavy atom. The van der Waals surface area contributed by atoms with Gasteiger partial charge >= 0.3 is 12.3 Å². The summed E-state index contributed by atoms with van der Waals surface area (Å²) in [6.07, 6.45) is -5.12. The van der Waals surface area contributed by atoms with Gasteiger partial charge in [-0.1, -0.05) is 29.8 Å². The predicted octanol–water partition coefficient (Wildman–Crippen LogP) is 3.73. The Labute approximate surface area is 137 Å². The highest BCUT2D eigenvalue weighted by molar-refractivity contribution is 6.31. The highest BCUT2D eigenvalue weighted by Crippen LogP contribution is 2.31. The molecular weight excluding hydrogens is 351 g/mol. The Morgan fingerprint density at radius 3 is 2.58 bits per heavy atom. The lowest BCUT2D eigenvalue weighted by atomic mass is 10.3. The minimum Gasteiger partial charge on any atom is -0.393 e. The minimum absolute atomic E-state index is 0.0531. The van der Waals surface area contributed by atoms with Gasteiger partial charge in [0, 0.05) is 6.20 Å². The molecule has 6 nitrogen and oxygen atoms in total. The van der Waals surface area contributed by atoms with Crippen LogP contribution in [0.4, 0.5) is 18.0 Å².